The van der Waals surface area contributed by atoms with Crippen molar-refractivity contribution in [1.29, 1.82) is 0 Å². The van der Waals surface area contributed by atoms with Gasteiger partial charge in [-0.15, -0.1) is 0 Å². The lowest BCUT2D eigenvalue weighted by Gasteiger charge is -2.32. The van der Waals surface area contributed by atoms with Gasteiger partial charge in [-0.3, -0.25) is 4.57 Å². The molecule has 0 radical (unpaired) electrons. The summed E-state index contributed by atoms with van der Waals surface area (Å²) < 4.78 is 82.2. The standard InChI is InChI=1S/C5H7F6O3P/c1-3(5(9,10)11,15(12,13)14)2-4(6,7)8/h2H2,1H3,(H2,12,13,14). The summed E-state index contributed by atoms with van der Waals surface area (Å²) in [6.45, 7) is -0.152. The van der Waals surface area contributed by atoms with Gasteiger partial charge in [0.25, 0.3) is 0 Å². The number of hydrogen-bond acceptors (Lipinski definition) is 1. The second-order valence-corrected chi connectivity index (χ2v) is 5.18. The molecule has 2 N–H and O–H groups in total. The minimum Gasteiger partial charge on any atom is -0.324 e. The highest BCUT2D eigenvalue weighted by Gasteiger charge is 2.66. The van der Waals surface area contributed by atoms with E-state index < -0.39 is 31.5 Å². The van der Waals surface area contributed by atoms with Crippen molar-refractivity contribution in [2.75, 3.05) is 0 Å². The molecule has 0 saturated carbocycles. The molecular weight excluding hydrogens is 253 g/mol. The van der Waals surface area contributed by atoms with Crippen molar-refractivity contribution in [3.05, 3.63) is 0 Å². The van der Waals surface area contributed by atoms with Gasteiger partial charge in [-0.2, -0.15) is 26.3 Å². The molecule has 10 heteroatoms. The van der Waals surface area contributed by atoms with Crippen molar-refractivity contribution in [2.24, 2.45) is 0 Å². The molecule has 0 aliphatic rings. The van der Waals surface area contributed by atoms with Crippen molar-refractivity contribution in [3.63, 3.8) is 0 Å². The predicted molar refractivity (Wildman–Crippen MR) is 37.2 cm³/mol. The molecule has 0 fully saturated rings. The molecule has 3 nitrogen and oxygen atoms in total. The zero-order valence-electron chi connectivity index (χ0n) is 7.22. The van der Waals surface area contributed by atoms with Crippen molar-refractivity contribution in [3.8, 4) is 0 Å². The van der Waals surface area contributed by atoms with Crippen LogP contribution in [0.1, 0.15) is 13.3 Å². The molecule has 0 rings (SSSR count). The zero-order chi connectivity index (χ0) is 12.7. The molecule has 0 aromatic rings. The molecule has 1 atom stereocenters. The third-order valence-electron chi connectivity index (χ3n) is 1.80. The summed E-state index contributed by atoms with van der Waals surface area (Å²) in [7, 11) is -5.95. The van der Waals surface area contributed by atoms with Crippen LogP contribution in [-0.4, -0.2) is 27.3 Å². The SMILES string of the molecule is CC(CC(F)(F)F)(C(F)(F)F)P(=O)(O)O. The lowest BCUT2D eigenvalue weighted by atomic mass is 10.1. The van der Waals surface area contributed by atoms with Crippen LogP contribution < -0.4 is 0 Å². The topological polar surface area (TPSA) is 57.5 Å². The molecule has 0 amide bonds. The van der Waals surface area contributed by atoms with Gasteiger partial charge in [0.1, 0.15) is 0 Å². The summed E-state index contributed by atoms with van der Waals surface area (Å²) in [6.07, 6.45) is -13.6. The molecule has 0 saturated heterocycles. The first-order valence-corrected chi connectivity index (χ1v) is 5.01. The first-order valence-electron chi connectivity index (χ1n) is 3.40. The molecule has 1 unspecified atom stereocenters. The lowest BCUT2D eigenvalue weighted by molar-refractivity contribution is -0.207. The Labute approximate surface area is 80.2 Å². The highest BCUT2D eigenvalue weighted by Crippen LogP contribution is 2.61. The molecule has 15 heavy (non-hydrogen) atoms. The van der Waals surface area contributed by atoms with Crippen molar-refractivity contribution >= 4 is 7.60 Å². The molecule has 0 bridgehead atoms. The molecule has 0 aliphatic carbocycles. The summed E-state index contributed by atoms with van der Waals surface area (Å²) in [5.74, 6) is 0. The lowest BCUT2D eigenvalue weighted by Crippen LogP contribution is -2.45. The van der Waals surface area contributed by atoms with Gasteiger partial charge in [0.05, 0.1) is 6.42 Å². The van der Waals surface area contributed by atoms with E-state index in [1.54, 1.807) is 0 Å². The van der Waals surface area contributed by atoms with Crippen LogP contribution in [-0.2, 0) is 4.57 Å². The highest BCUT2D eigenvalue weighted by molar-refractivity contribution is 7.53. The first kappa shape index (κ1) is 14.7. The number of hydrogen-bond donors (Lipinski definition) is 2. The second kappa shape index (κ2) is 3.64. The Hall–Kier alpha value is -0.270. The van der Waals surface area contributed by atoms with Gasteiger partial charge < -0.3 is 9.79 Å². The number of halogens is 6. The number of rotatable bonds is 2. The minimum atomic E-state index is -5.95. The molecule has 0 aromatic heterocycles. The summed E-state index contributed by atoms with van der Waals surface area (Å²) in [5, 5.41) is -4.10. The fraction of sp³-hybridized carbons (Fsp3) is 1.00. The Balaban J connectivity index is 5.36. The van der Waals surface area contributed by atoms with Gasteiger partial charge in [0, 0.05) is 0 Å². The molecular formula is C5H7F6O3P. The van der Waals surface area contributed by atoms with Gasteiger partial charge in [-0.25, -0.2) is 0 Å². The van der Waals surface area contributed by atoms with Gasteiger partial charge >= 0.3 is 19.9 Å². The van der Waals surface area contributed by atoms with E-state index >= 15 is 0 Å². The Morgan fingerprint density at radius 2 is 1.40 bits per heavy atom. The minimum absolute atomic E-state index is 0.152. The van der Waals surface area contributed by atoms with E-state index in [0.717, 1.165) is 0 Å². The molecule has 0 heterocycles. The van der Waals surface area contributed by atoms with E-state index in [1.165, 1.54) is 0 Å². The van der Waals surface area contributed by atoms with E-state index in [4.69, 9.17) is 9.79 Å². The summed E-state index contributed by atoms with van der Waals surface area (Å²) in [4.78, 5) is 16.7. The molecule has 0 aliphatic heterocycles. The van der Waals surface area contributed by atoms with Crippen molar-refractivity contribution in [1.82, 2.24) is 0 Å². The van der Waals surface area contributed by atoms with Crippen LogP contribution in [0.4, 0.5) is 26.3 Å². The third kappa shape index (κ3) is 3.35. The fourth-order valence-corrected chi connectivity index (χ4v) is 1.47. The van der Waals surface area contributed by atoms with Crippen LogP contribution in [0.15, 0.2) is 0 Å². The van der Waals surface area contributed by atoms with E-state index in [0.29, 0.717) is 0 Å². The maximum Gasteiger partial charge on any atom is 0.405 e. The van der Waals surface area contributed by atoms with E-state index in [2.05, 4.69) is 0 Å². The van der Waals surface area contributed by atoms with Crippen LogP contribution in [0, 0.1) is 0 Å². The quantitative estimate of drug-likeness (QED) is 0.592. The second-order valence-electron chi connectivity index (χ2n) is 3.11. The summed E-state index contributed by atoms with van der Waals surface area (Å²) in [6, 6.07) is 0. The van der Waals surface area contributed by atoms with Gasteiger partial charge in [0.2, 0.25) is 0 Å². The Bertz CT molecular complexity index is 277. The van der Waals surface area contributed by atoms with E-state index in [-0.39, 0.29) is 6.92 Å². The maximum absolute atomic E-state index is 12.1. The van der Waals surface area contributed by atoms with Crippen LogP contribution in [0.25, 0.3) is 0 Å². The maximum atomic E-state index is 12.1. The predicted octanol–water partition coefficient (Wildman–Crippen LogP) is 2.44. The molecule has 92 valence electrons. The zero-order valence-corrected chi connectivity index (χ0v) is 8.12. The van der Waals surface area contributed by atoms with E-state index in [1.807, 2.05) is 0 Å². The van der Waals surface area contributed by atoms with Crippen LogP contribution >= 0.6 is 7.60 Å². The highest BCUT2D eigenvalue weighted by atomic mass is 31.2. The van der Waals surface area contributed by atoms with E-state index in [9.17, 15) is 30.9 Å². The third-order valence-corrected chi connectivity index (χ3v) is 3.50. The van der Waals surface area contributed by atoms with Crippen LogP contribution in [0.2, 0.25) is 0 Å². The van der Waals surface area contributed by atoms with Gasteiger partial charge in [-0.1, -0.05) is 0 Å². The van der Waals surface area contributed by atoms with Gasteiger partial charge in [-0.05, 0) is 6.92 Å². The summed E-state index contributed by atoms with van der Waals surface area (Å²) >= 11 is 0. The van der Waals surface area contributed by atoms with Crippen molar-refractivity contribution in [2.45, 2.75) is 30.9 Å². The van der Waals surface area contributed by atoms with Gasteiger partial charge in [0.15, 0.2) is 5.16 Å². The normalized spacial score (nSPS) is 18.7. The largest absolute Gasteiger partial charge is 0.405 e. The smallest absolute Gasteiger partial charge is 0.324 e. The average Bonchev–Trinajstić information content (AvgIpc) is 1.77. The van der Waals surface area contributed by atoms with Crippen molar-refractivity contribution < 1.29 is 40.7 Å². The van der Waals surface area contributed by atoms with Crippen LogP contribution in [0.5, 0.6) is 0 Å². The first-order chi connectivity index (χ1) is 6.21. The molecule has 0 aromatic carbocycles. The molecule has 0 spiro atoms. The Kier molecular flexibility index (Phi) is 3.57. The van der Waals surface area contributed by atoms with Crippen LogP contribution in [0.3, 0.4) is 0 Å². The Morgan fingerprint density at radius 1 is 1.07 bits per heavy atom. The number of alkyl halides is 6. The average molecular weight is 260 g/mol. The fourth-order valence-electron chi connectivity index (χ4n) is 0.759. The monoisotopic (exact) mass is 260 g/mol. The summed E-state index contributed by atoms with van der Waals surface area (Å²) in [5.41, 5.74) is 0. The Morgan fingerprint density at radius 3 is 1.47 bits per heavy atom.